The zero-order valence-corrected chi connectivity index (χ0v) is 13.2. The Bertz CT molecular complexity index is 527. The number of nitro groups is 1. The van der Waals surface area contributed by atoms with E-state index in [2.05, 4.69) is 10.2 Å². The molecule has 2 heterocycles. The molecule has 2 aliphatic heterocycles. The van der Waals surface area contributed by atoms with Crippen molar-refractivity contribution in [3.8, 4) is 0 Å². The molecule has 0 saturated carbocycles. The average Bonchev–Trinajstić information content (AvgIpc) is 2.72. The molecule has 21 heavy (non-hydrogen) atoms. The van der Waals surface area contributed by atoms with E-state index < -0.39 is 0 Å². The van der Waals surface area contributed by atoms with Crippen molar-refractivity contribution in [3.63, 3.8) is 0 Å². The molecule has 2 saturated heterocycles. The predicted molar refractivity (Wildman–Crippen MR) is 85.2 cm³/mol. The lowest BCUT2D eigenvalue weighted by molar-refractivity contribution is -0.385. The molecule has 2 unspecified atom stereocenters. The highest BCUT2D eigenvalue weighted by molar-refractivity contribution is 6.30. The number of hydrogen-bond donors (Lipinski definition) is 1. The van der Waals surface area contributed by atoms with Crippen LogP contribution in [0.25, 0.3) is 0 Å². The third-order valence-electron chi connectivity index (χ3n) is 4.24. The summed E-state index contributed by atoms with van der Waals surface area (Å²) in [5.74, 6) is 0. The van der Waals surface area contributed by atoms with Crippen LogP contribution < -0.4 is 5.32 Å². The maximum Gasteiger partial charge on any atom is 0.273 e. The molecule has 1 N–H and O–H groups in total. The van der Waals surface area contributed by atoms with Crippen LogP contribution in [0.4, 0.5) is 5.69 Å². The van der Waals surface area contributed by atoms with Gasteiger partial charge < -0.3 is 5.32 Å². The van der Waals surface area contributed by atoms with Crippen LogP contribution in [-0.2, 0) is 6.54 Å². The minimum Gasteiger partial charge on any atom is -0.310 e. The molecule has 1 aromatic rings. The van der Waals surface area contributed by atoms with Gasteiger partial charge in [-0.05, 0) is 31.4 Å². The number of likely N-dealkylation sites (tertiary alicyclic amines) is 1. The predicted octanol–water partition coefficient (Wildman–Crippen LogP) is 3.00. The van der Waals surface area contributed by atoms with Crippen molar-refractivity contribution in [3.05, 3.63) is 38.9 Å². The summed E-state index contributed by atoms with van der Waals surface area (Å²) in [6.07, 6.45) is 3.58. The Morgan fingerprint density at radius 2 is 2.10 bits per heavy atom. The van der Waals surface area contributed by atoms with Gasteiger partial charge in [-0.25, -0.2) is 0 Å². The fourth-order valence-corrected chi connectivity index (χ4v) is 3.45. The lowest BCUT2D eigenvalue weighted by atomic mass is 10.1. The Hall–Kier alpha value is -0.880. The van der Waals surface area contributed by atoms with Gasteiger partial charge in [-0.15, -0.1) is 12.4 Å². The van der Waals surface area contributed by atoms with Crippen molar-refractivity contribution >= 4 is 29.7 Å². The van der Waals surface area contributed by atoms with E-state index in [4.69, 9.17) is 11.6 Å². The van der Waals surface area contributed by atoms with Crippen LogP contribution in [0.1, 0.15) is 24.8 Å². The SMILES string of the molecule is Cl.O=[N+]([O-])c1ccc(Cl)cc1CN1CCC2CCC(C1)N2. The smallest absolute Gasteiger partial charge is 0.273 e. The summed E-state index contributed by atoms with van der Waals surface area (Å²) < 4.78 is 0. The van der Waals surface area contributed by atoms with Gasteiger partial charge in [0.15, 0.2) is 0 Å². The number of rotatable bonds is 3. The third-order valence-corrected chi connectivity index (χ3v) is 4.47. The van der Waals surface area contributed by atoms with Crippen molar-refractivity contribution in [1.29, 1.82) is 0 Å². The molecule has 2 aliphatic rings. The van der Waals surface area contributed by atoms with Crippen molar-refractivity contribution in [1.82, 2.24) is 10.2 Å². The average molecular weight is 332 g/mol. The molecule has 0 radical (unpaired) electrons. The van der Waals surface area contributed by atoms with Crippen LogP contribution in [0.2, 0.25) is 5.02 Å². The molecule has 5 nitrogen and oxygen atoms in total. The number of benzene rings is 1. The maximum atomic E-state index is 11.1. The minimum absolute atomic E-state index is 0. The maximum absolute atomic E-state index is 11.1. The largest absolute Gasteiger partial charge is 0.310 e. The lowest BCUT2D eigenvalue weighted by Gasteiger charge is -2.23. The monoisotopic (exact) mass is 331 g/mol. The molecule has 2 bridgehead atoms. The number of nitro benzene ring substituents is 1. The zero-order chi connectivity index (χ0) is 14.1. The summed E-state index contributed by atoms with van der Waals surface area (Å²) >= 11 is 5.98. The van der Waals surface area contributed by atoms with Crippen LogP contribution in [-0.4, -0.2) is 35.0 Å². The van der Waals surface area contributed by atoms with E-state index >= 15 is 0 Å². The van der Waals surface area contributed by atoms with E-state index in [9.17, 15) is 10.1 Å². The Labute approximate surface area is 135 Å². The fraction of sp³-hybridized carbons (Fsp3) is 0.571. The van der Waals surface area contributed by atoms with Gasteiger partial charge in [0, 0.05) is 48.4 Å². The van der Waals surface area contributed by atoms with Crippen molar-refractivity contribution < 1.29 is 4.92 Å². The highest BCUT2D eigenvalue weighted by Crippen LogP contribution is 2.26. The second-order valence-corrected chi connectivity index (χ2v) is 6.13. The van der Waals surface area contributed by atoms with Crippen LogP contribution in [0.5, 0.6) is 0 Å². The number of nitrogens with one attached hydrogen (secondary N) is 1. The summed E-state index contributed by atoms with van der Waals surface area (Å²) in [6, 6.07) is 5.95. The Morgan fingerprint density at radius 1 is 1.33 bits per heavy atom. The topological polar surface area (TPSA) is 58.4 Å². The Morgan fingerprint density at radius 3 is 2.86 bits per heavy atom. The highest BCUT2D eigenvalue weighted by atomic mass is 35.5. The molecule has 1 aromatic carbocycles. The summed E-state index contributed by atoms with van der Waals surface area (Å²) in [4.78, 5) is 13.1. The lowest BCUT2D eigenvalue weighted by Crippen LogP contribution is -2.35. The first-order valence-electron chi connectivity index (χ1n) is 7.03. The zero-order valence-electron chi connectivity index (χ0n) is 11.6. The first-order valence-corrected chi connectivity index (χ1v) is 7.41. The molecule has 7 heteroatoms. The van der Waals surface area contributed by atoms with Gasteiger partial charge in [0.05, 0.1) is 4.92 Å². The number of fused-ring (bicyclic) bond motifs is 2. The molecular weight excluding hydrogens is 313 g/mol. The van der Waals surface area contributed by atoms with E-state index in [0.717, 1.165) is 19.5 Å². The van der Waals surface area contributed by atoms with Crippen LogP contribution in [0, 0.1) is 10.1 Å². The molecule has 116 valence electrons. The van der Waals surface area contributed by atoms with Gasteiger partial charge in [-0.1, -0.05) is 11.6 Å². The second kappa shape index (κ2) is 6.92. The molecule has 0 aliphatic carbocycles. The van der Waals surface area contributed by atoms with Crippen molar-refractivity contribution in [2.45, 2.75) is 37.9 Å². The van der Waals surface area contributed by atoms with Crippen LogP contribution >= 0.6 is 24.0 Å². The van der Waals surface area contributed by atoms with E-state index in [0.29, 0.717) is 29.2 Å². The number of hydrogen-bond acceptors (Lipinski definition) is 4. The molecule has 0 spiro atoms. The minimum atomic E-state index is -0.326. The van der Waals surface area contributed by atoms with E-state index in [1.54, 1.807) is 12.1 Å². The molecule has 2 atom stereocenters. The summed E-state index contributed by atoms with van der Waals surface area (Å²) in [5, 5.41) is 15.3. The highest BCUT2D eigenvalue weighted by Gasteiger charge is 2.30. The number of halogens is 2. The first-order chi connectivity index (χ1) is 9.61. The van der Waals surface area contributed by atoms with Crippen LogP contribution in [0.15, 0.2) is 18.2 Å². The summed E-state index contributed by atoms with van der Waals surface area (Å²) in [5.41, 5.74) is 0.872. The second-order valence-electron chi connectivity index (χ2n) is 5.69. The van der Waals surface area contributed by atoms with E-state index in [1.807, 2.05) is 0 Å². The Balaban J connectivity index is 0.00000161. The molecule has 3 rings (SSSR count). The van der Waals surface area contributed by atoms with Gasteiger partial charge in [-0.2, -0.15) is 0 Å². The normalized spacial score (nSPS) is 25.2. The third kappa shape index (κ3) is 3.86. The van der Waals surface area contributed by atoms with Crippen LogP contribution in [0.3, 0.4) is 0 Å². The first kappa shape index (κ1) is 16.5. The van der Waals surface area contributed by atoms with Gasteiger partial charge >= 0.3 is 0 Å². The summed E-state index contributed by atoms with van der Waals surface area (Å²) in [6.45, 7) is 2.54. The quantitative estimate of drug-likeness (QED) is 0.683. The number of nitrogens with zero attached hydrogens (tertiary/aromatic N) is 2. The summed E-state index contributed by atoms with van der Waals surface area (Å²) in [7, 11) is 0. The van der Waals surface area contributed by atoms with E-state index in [1.165, 1.54) is 18.9 Å². The molecule has 2 fully saturated rings. The van der Waals surface area contributed by atoms with Gasteiger partial charge in [0.2, 0.25) is 0 Å². The molecular formula is C14H19Cl2N3O2. The van der Waals surface area contributed by atoms with E-state index in [-0.39, 0.29) is 23.0 Å². The Kier molecular flexibility index (Phi) is 5.43. The molecule has 0 amide bonds. The fourth-order valence-electron chi connectivity index (χ4n) is 3.26. The molecule has 0 aromatic heterocycles. The van der Waals surface area contributed by atoms with Gasteiger partial charge in [0.1, 0.15) is 0 Å². The van der Waals surface area contributed by atoms with Gasteiger partial charge in [-0.3, -0.25) is 15.0 Å². The van der Waals surface area contributed by atoms with Crippen molar-refractivity contribution in [2.24, 2.45) is 0 Å². The standard InChI is InChI=1S/C14H18ClN3O2.ClH/c15-11-1-4-14(18(19)20)10(7-11)8-17-6-5-12-2-3-13(9-17)16-12;/h1,4,7,12-13,16H,2-3,5-6,8-9H2;1H. The van der Waals surface area contributed by atoms with Crippen molar-refractivity contribution in [2.75, 3.05) is 13.1 Å². The van der Waals surface area contributed by atoms with Gasteiger partial charge in [0.25, 0.3) is 5.69 Å².